The largest absolute Gasteiger partial charge is 0.452 e. The summed E-state index contributed by atoms with van der Waals surface area (Å²) in [6.07, 6.45) is 0. The molecule has 0 saturated heterocycles. The summed E-state index contributed by atoms with van der Waals surface area (Å²) in [4.78, 5) is 47.5. The highest BCUT2D eigenvalue weighted by molar-refractivity contribution is 7.12. The molecular formula is C20H14ClN3O6S. The van der Waals surface area contributed by atoms with Crippen molar-refractivity contribution in [2.75, 3.05) is 17.2 Å². The highest BCUT2D eigenvalue weighted by Gasteiger charge is 2.18. The van der Waals surface area contributed by atoms with Crippen molar-refractivity contribution in [3.63, 3.8) is 0 Å². The molecule has 2 aromatic carbocycles. The Kier molecular flexibility index (Phi) is 6.96. The maximum absolute atomic E-state index is 12.4. The Bertz CT molecular complexity index is 1150. The van der Waals surface area contributed by atoms with Crippen molar-refractivity contribution in [2.24, 2.45) is 0 Å². The number of anilines is 2. The Labute approximate surface area is 184 Å². The Hall–Kier alpha value is -3.76. The van der Waals surface area contributed by atoms with Crippen molar-refractivity contribution in [1.29, 1.82) is 0 Å². The van der Waals surface area contributed by atoms with Crippen LogP contribution in [-0.4, -0.2) is 29.3 Å². The van der Waals surface area contributed by atoms with Crippen LogP contribution in [-0.2, 0) is 9.53 Å². The minimum atomic E-state index is -0.820. The number of esters is 1. The van der Waals surface area contributed by atoms with E-state index in [4.69, 9.17) is 16.3 Å². The Morgan fingerprint density at radius 3 is 2.55 bits per heavy atom. The first-order valence-electron chi connectivity index (χ1n) is 8.70. The van der Waals surface area contributed by atoms with Gasteiger partial charge in [0.25, 0.3) is 17.5 Å². The van der Waals surface area contributed by atoms with E-state index in [1.54, 1.807) is 29.6 Å². The van der Waals surface area contributed by atoms with Gasteiger partial charge >= 0.3 is 5.97 Å². The van der Waals surface area contributed by atoms with Gasteiger partial charge in [-0.3, -0.25) is 19.7 Å². The summed E-state index contributed by atoms with van der Waals surface area (Å²) in [6, 6.07) is 13.3. The first-order chi connectivity index (χ1) is 14.8. The fourth-order valence-corrected chi connectivity index (χ4v) is 3.30. The predicted octanol–water partition coefficient (Wildman–Crippen LogP) is 4.36. The molecule has 3 rings (SSSR count). The number of hydrogen-bond acceptors (Lipinski definition) is 7. The maximum atomic E-state index is 12.4. The van der Waals surface area contributed by atoms with Crippen LogP contribution in [0, 0.1) is 10.1 Å². The molecule has 31 heavy (non-hydrogen) atoms. The SMILES string of the molecule is O=C(COC(=O)c1ccccc1NC(=O)c1cccs1)Nc1ccc(Cl)c([N+](=O)[O-])c1. The Morgan fingerprint density at radius 1 is 1.06 bits per heavy atom. The van der Waals surface area contributed by atoms with E-state index in [1.807, 2.05) is 0 Å². The van der Waals surface area contributed by atoms with Gasteiger partial charge in [-0.15, -0.1) is 11.3 Å². The number of rotatable bonds is 7. The summed E-state index contributed by atoms with van der Waals surface area (Å²) in [5, 5.41) is 17.6. The van der Waals surface area contributed by atoms with Crippen molar-refractivity contribution in [3.8, 4) is 0 Å². The minimum Gasteiger partial charge on any atom is -0.452 e. The standard InChI is InChI=1S/C20H14ClN3O6S/c21-14-8-7-12(10-16(14)24(28)29)22-18(25)11-30-20(27)13-4-1-2-5-15(13)23-19(26)17-6-3-9-31-17/h1-10H,11H2,(H,22,25)(H,23,26). The molecule has 0 spiro atoms. The van der Waals surface area contributed by atoms with E-state index in [2.05, 4.69) is 10.6 Å². The molecule has 1 aromatic heterocycles. The lowest BCUT2D eigenvalue weighted by molar-refractivity contribution is -0.384. The molecule has 9 nitrogen and oxygen atoms in total. The lowest BCUT2D eigenvalue weighted by Crippen LogP contribution is -2.22. The number of nitro groups is 1. The molecule has 3 aromatic rings. The maximum Gasteiger partial charge on any atom is 0.340 e. The van der Waals surface area contributed by atoms with Gasteiger partial charge in [0.05, 0.1) is 21.1 Å². The van der Waals surface area contributed by atoms with Gasteiger partial charge in [-0.2, -0.15) is 0 Å². The number of nitrogens with one attached hydrogen (secondary N) is 2. The molecule has 0 unspecified atom stereocenters. The number of para-hydroxylation sites is 1. The van der Waals surface area contributed by atoms with Crippen molar-refractivity contribution >= 4 is 57.8 Å². The Balaban J connectivity index is 1.62. The number of nitro benzene ring substituents is 1. The van der Waals surface area contributed by atoms with Gasteiger partial charge in [-0.1, -0.05) is 29.8 Å². The van der Waals surface area contributed by atoms with Gasteiger partial charge < -0.3 is 15.4 Å². The van der Waals surface area contributed by atoms with Crippen LogP contribution in [0.2, 0.25) is 5.02 Å². The quantitative estimate of drug-likeness (QED) is 0.307. The van der Waals surface area contributed by atoms with E-state index < -0.39 is 23.4 Å². The highest BCUT2D eigenvalue weighted by atomic mass is 35.5. The van der Waals surface area contributed by atoms with Gasteiger partial charge in [0.2, 0.25) is 0 Å². The number of carbonyl (C=O) groups is 3. The third kappa shape index (κ3) is 5.65. The van der Waals surface area contributed by atoms with E-state index in [-0.39, 0.29) is 33.6 Å². The lowest BCUT2D eigenvalue weighted by atomic mass is 10.1. The topological polar surface area (TPSA) is 128 Å². The molecule has 2 N–H and O–H groups in total. The number of thiophene rings is 1. The smallest absolute Gasteiger partial charge is 0.340 e. The van der Waals surface area contributed by atoms with Crippen LogP contribution in [0.4, 0.5) is 17.1 Å². The number of nitrogens with zero attached hydrogens (tertiary/aromatic N) is 1. The molecular weight excluding hydrogens is 446 g/mol. The molecule has 11 heteroatoms. The van der Waals surface area contributed by atoms with Gasteiger partial charge in [0.15, 0.2) is 6.61 Å². The van der Waals surface area contributed by atoms with Crippen LogP contribution in [0.5, 0.6) is 0 Å². The van der Waals surface area contributed by atoms with E-state index >= 15 is 0 Å². The van der Waals surface area contributed by atoms with Crippen LogP contribution in [0.3, 0.4) is 0 Å². The second-order valence-electron chi connectivity index (χ2n) is 6.02. The van der Waals surface area contributed by atoms with Crippen molar-refractivity contribution in [1.82, 2.24) is 0 Å². The molecule has 2 amide bonds. The first-order valence-corrected chi connectivity index (χ1v) is 9.95. The molecule has 0 aliphatic rings. The molecule has 1 heterocycles. The average molecular weight is 460 g/mol. The molecule has 0 radical (unpaired) electrons. The zero-order valence-corrected chi connectivity index (χ0v) is 17.2. The molecule has 0 bridgehead atoms. The number of ether oxygens (including phenoxy) is 1. The number of benzene rings is 2. The second kappa shape index (κ2) is 9.83. The van der Waals surface area contributed by atoms with Crippen LogP contribution in [0.1, 0.15) is 20.0 Å². The monoisotopic (exact) mass is 459 g/mol. The van der Waals surface area contributed by atoms with E-state index in [0.29, 0.717) is 4.88 Å². The van der Waals surface area contributed by atoms with Crippen LogP contribution in [0.25, 0.3) is 0 Å². The fraction of sp³-hybridized carbons (Fsp3) is 0.0500. The first kappa shape index (κ1) is 21.9. The summed E-state index contributed by atoms with van der Waals surface area (Å²) in [5.74, 6) is -1.90. The lowest BCUT2D eigenvalue weighted by Gasteiger charge is -2.11. The van der Waals surface area contributed by atoms with Crippen LogP contribution < -0.4 is 10.6 Å². The predicted molar refractivity (Wildman–Crippen MR) is 116 cm³/mol. The van der Waals surface area contributed by atoms with Crippen molar-refractivity contribution in [2.45, 2.75) is 0 Å². The third-order valence-corrected chi connectivity index (χ3v) is 5.09. The zero-order valence-electron chi connectivity index (χ0n) is 15.7. The third-order valence-electron chi connectivity index (χ3n) is 3.90. The number of carbonyl (C=O) groups excluding carboxylic acids is 3. The zero-order chi connectivity index (χ0) is 22.4. The van der Waals surface area contributed by atoms with Gasteiger partial charge in [-0.05, 0) is 35.7 Å². The van der Waals surface area contributed by atoms with E-state index in [9.17, 15) is 24.5 Å². The number of amides is 2. The fourth-order valence-electron chi connectivity index (χ4n) is 2.50. The molecule has 158 valence electrons. The molecule has 0 saturated carbocycles. The highest BCUT2D eigenvalue weighted by Crippen LogP contribution is 2.27. The van der Waals surface area contributed by atoms with Crippen LogP contribution in [0.15, 0.2) is 60.0 Å². The molecule has 0 aliphatic heterocycles. The van der Waals surface area contributed by atoms with E-state index in [0.717, 1.165) is 6.07 Å². The molecule has 0 aliphatic carbocycles. The van der Waals surface area contributed by atoms with Gasteiger partial charge in [0.1, 0.15) is 5.02 Å². The molecule has 0 fully saturated rings. The summed E-state index contributed by atoms with van der Waals surface area (Å²) >= 11 is 6.98. The van der Waals surface area contributed by atoms with Gasteiger partial charge in [-0.25, -0.2) is 4.79 Å². The van der Waals surface area contributed by atoms with Gasteiger partial charge in [0, 0.05) is 11.8 Å². The Morgan fingerprint density at radius 2 is 1.84 bits per heavy atom. The average Bonchev–Trinajstić information content (AvgIpc) is 3.29. The number of hydrogen-bond donors (Lipinski definition) is 2. The summed E-state index contributed by atoms with van der Waals surface area (Å²) in [5.41, 5.74) is 0.0644. The van der Waals surface area contributed by atoms with E-state index in [1.165, 1.54) is 35.6 Å². The number of halogens is 1. The normalized spacial score (nSPS) is 10.2. The van der Waals surface area contributed by atoms with Crippen LogP contribution >= 0.6 is 22.9 Å². The second-order valence-corrected chi connectivity index (χ2v) is 7.38. The minimum absolute atomic E-state index is 0.0716. The summed E-state index contributed by atoms with van der Waals surface area (Å²) in [6.45, 7) is -0.636. The van der Waals surface area contributed by atoms with Crippen molar-refractivity contribution in [3.05, 3.63) is 85.6 Å². The summed E-state index contributed by atoms with van der Waals surface area (Å²) < 4.78 is 5.02. The van der Waals surface area contributed by atoms with Crippen molar-refractivity contribution < 1.29 is 24.0 Å². The molecule has 0 atom stereocenters. The summed E-state index contributed by atoms with van der Waals surface area (Å²) in [7, 11) is 0.